The number of pyridine rings is 1. The number of aromatic hydroxyl groups is 1. The maximum atomic E-state index is 9.72. The van der Waals surface area contributed by atoms with E-state index < -0.39 is 0 Å². The summed E-state index contributed by atoms with van der Waals surface area (Å²) < 4.78 is 0. The molecular formula is C14H17N2O+. The standard InChI is InChI=1S/C14H16N2O/c1-10-3-4-13(17)12(7-10)9-16-14-8-11(2)5-6-15-14/h3-8,17H,9H2,1-2H3,(H,15,16)/p+1. The highest BCUT2D eigenvalue weighted by molar-refractivity contribution is 5.39. The molecule has 0 fully saturated rings. The number of phenolic OH excluding ortho intramolecular Hbond substituents is 1. The Morgan fingerprint density at radius 1 is 1.12 bits per heavy atom. The average Bonchev–Trinajstić information content (AvgIpc) is 2.30. The van der Waals surface area contributed by atoms with Crippen LogP contribution in [0.3, 0.4) is 0 Å². The van der Waals surface area contributed by atoms with Gasteiger partial charge < -0.3 is 5.11 Å². The van der Waals surface area contributed by atoms with Gasteiger partial charge in [-0.25, -0.2) is 4.98 Å². The van der Waals surface area contributed by atoms with Gasteiger partial charge in [0, 0.05) is 11.6 Å². The summed E-state index contributed by atoms with van der Waals surface area (Å²) in [5, 5.41) is 13.0. The molecule has 0 atom stereocenters. The first-order valence-corrected chi connectivity index (χ1v) is 5.66. The third kappa shape index (κ3) is 2.97. The fraction of sp³-hybridized carbons (Fsp3) is 0.214. The molecule has 0 aliphatic rings. The fourth-order valence-corrected chi connectivity index (χ4v) is 1.73. The quantitative estimate of drug-likeness (QED) is 0.849. The lowest BCUT2D eigenvalue weighted by Crippen LogP contribution is -2.12. The topological polar surface area (TPSA) is 46.4 Å². The van der Waals surface area contributed by atoms with Crippen LogP contribution >= 0.6 is 0 Å². The highest BCUT2D eigenvalue weighted by atomic mass is 16.3. The number of aryl methyl sites for hydroxylation is 2. The molecular weight excluding hydrogens is 212 g/mol. The van der Waals surface area contributed by atoms with Gasteiger partial charge in [-0.1, -0.05) is 11.6 Å². The minimum absolute atomic E-state index is 0.329. The van der Waals surface area contributed by atoms with Crippen molar-refractivity contribution in [1.29, 1.82) is 0 Å². The molecule has 0 unspecified atom stereocenters. The summed E-state index contributed by atoms with van der Waals surface area (Å²) in [4.78, 5) is 3.12. The summed E-state index contributed by atoms with van der Waals surface area (Å²) in [7, 11) is 0. The van der Waals surface area contributed by atoms with Crippen LogP contribution in [0.4, 0.5) is 5.82 Å². The van der Waals surface area contributed by atoms with Gasteiger partial charge in [-0.15, -0.1) is 0 Å². The summed E-state index contributed by atoms with van der Waals surface area (Å²) in [5.41, 5.74) is 3.24. The van der Waals surface area contributed by atoms with E-state index in [1.54, 1.807) is 6.07 Å². The zero-order valence-electron chi connectivity index (χ0n) is 10.1. The molecule has 3 nitrogen and oxygen atoms in total. The van der Waals surface area contributed by atoms with Crippen LogP contribution in [0.1, 0.15) is 16.7 Å². The van der Waals surface area contributed by atoms with Crippen molar-refractivity contribution < 1.29 is 10.1 Å². The van der Waals surface area contributed by atoms with Crippen LogP contribution in [0.2, 0.25) is 0 Å². The Morgan fingerprint density at radius 2 is 1.88 bits per heavy atom. The van der Waals surface area contributed by atoms with Crippen molar-refractivity contribution in [2.45, 2.75) is 20.4 Å². The molecule has 0 aliphatic carbocycles. The summed E-state index contributed by atoms with van der Waals surface area (Å²) in [6.07, 6.45) is 1.90. The van der Waals surface area contributed by atoms with Crippen molar-refractivity contribution in [2.75, 3.05) is 5.32 Å². The van der Waals surface area contributed by atoms with E-state index in [0.29, 0.717) is 12.3 Å². The second-order valence-corrected chi connectivity index (χ2v) is 4.27. The molecule has 17 heavy (non-hydrogen) atoms. The van der Waals surface area contributed by atoms with E-state index in [1.165, 1.54) is 5.56 Å². The number of hydrogen-bond donors (Lipinski definition) is 2. The molecule has 0 bridgehead atoms. The number of nitrogens with one attached hydrogen (secondary N) is 2. The third-order valence-electron chi connectivity index (χ3n) is 2.66. The van der Waals surface area contributed by atoms with E-state index in [0.717, 1.165) is 16.9 Å². The second-order valence-electron chi connectivity index (χ2n) is 4.27. The minimum Gasteiger partial charge on any atom is -0.508 e. The molecule has 3 heteroatoms. The maximum absolute atomic E-state index is 9.72. The molecule has 1 aromatic heterocycles. The van der Waals surface area contributed by atoms with Gasteiger partial charge in [0.25, 0.3) is 5.82 Å². The van der Waals surface area contributed by atoms with Crippen molar-refractivity contribution in [3.63, 3.8) is 0 Å². The molecule has 0 amide bonds. The van der Waals surface area contributed by atoms with Crippen molar-refractivity contribution in [1.82, 2.24) is 0 Å². The molecule has 2 aromatic rings. The first-order chi connectivity index (χ1) is 8.15. The van der Waals surface area contributed by atoms with Gasteiger partial charge in [0.2, 0.25) is 0 Å². The molecule has 1 heterocycles. The first kappa shape index (κ1) is 11.5. The number of phenols is 1. The molecule has 0 saturated heterocycles. The average molecular weight is 229 g/mol. The van der Waals surface area contributed by atoms with Gasteiger partial charge >= 0.3 is 0 Å². The zero-order valence-corrected chi connectivity index (χ0v) is 10.1. The Labute approximate surface area is 101 Å². The highest BCUT2D eigenvalue weighted by Crippen LogP contribution is 2.18. The lowest BCUT2D eigenvalue weighted by molar-refractivity contribution is -0.361. The van der Waals surface area contributed by atoms with Gasteiger partial charge in [-0.05, 0) is 37.6 Å². The van der Waals surface area contributed by atoms with Crippen LogP contribution in [0.25, 0.3) is 0 Å². The Morgan fingerprint density at radius 3 is 2.65 bits per heavy atom. The van der Waals surface area contributed by atoms with Crippen molar-refractivity contribution in [3.05, 3.63) is 53.2 Å². The molecule has 0 radical (unpaired) electrons. The van der Waals surface area contributed by atoms with Crippen molar-refractivity contribution >= 4 is 5.82 Å². The van der Waals surface area contributed by atoms with E-state index in [2.05, 4.69) is 10.3 Å². The second kappa shape index (κ2) is 4.87. The largest absolute Gasteiger partial charge is 0.508 e. The number of hydrogen-bond acceptors (Lipinski definition) is 2. The zero-order chi connectivity index (χ0) is 12.3. The van der Waals surface area contributed by atoms with E-state index in [1.807, 2.05) is 44.3 Å². The first-order valence-electron chi connectivity index (χ1n) is 5.66. The number of H-pyrrole nitrogens is 1. The van der Waals surface area contributed by atoms with E-state index in [9.17, 15) is 5.11 Å². The summed E-state index contributed by atoms with van der Waals surface area (Å²) in [6, 6.07) is 9.66. The normalized spacial score (nSPS) is 10.2. The molecule has 0 saturated carbocycles. The van der Waals surface area contributed by atoms with Crippen molar-refractivity contribution in [2.24, 2.45) is 0 Å². The highest BCUT2D eigenvalue weighted by Gasteiger charge is 2.05. The van der Waals surface area contributed by atoms with Gasteiger partial charge in [0.05, 0.1) is 6.20 Å². The summed E-state index contributed by atoms with van der Waals surface area (Å²) >= 11 is 0. The molecule has 0 aliphatic heterocycles. The van der Waals surface area contributed by atoms with Gasteiger partial charge in [-0.2, -0.15) is 0 Å². The van der Waals surface area contributed by atoms with Gasteiger partial charge in [0.1, 0.15) is 12.3 Å². The number of aromatic amines is 1. The number of aromatic nitrogens is 1. The number of rotatable bonds is 3. The molecule has 2 rings (SSSR count). The lowest BCUT2D eigenvalue weighted by Gasteiger charge is -2.04. The predicted molar refractivity (Wildman–Crippen MR) is 67.9 cm³/mol. The van der Waals surface area contributed by atoms with Crippen LogP contribution < -0.4 is 10.3 Å². The van der Waals surface area contributed by atoms with Crippen LogP contribution in [0.5, 0.6) is 5.75 Å². The van der Waals surface area contributed by atoms with E-state index >= 15 is 0 Å². The Kier molecular flexibility index (Phi) is 3.28. The van der Waals surface area contributed by atoms with E-state index in [-0.39, 0.29) is 0 Å². The van der Waals surface area contributed by atoms with Crippen LogP contribution in [-0.4, -0.2) is 5.11 Å². The summed E-state index contributed by atoms with van der Waals surface area (Å²) in [6.45, 7) is 4.67. The Bertz CT molecular complexity index is 523. The van der Waals surface area contributed by atoms with Gasteiger partial charge in [0.15, 0.2) is 0 Å². The molecule has 0 spiro atoms. The van der Waals surface area contributed by atoms with Crippen molar-refractivity contribution in [3.8, 4) is 5.75 Å². The number of anilines is 1. The monoisotopic (exact) mass is 229 g/mol. The maximum Gasteiger partial charge on any atom is 0.272 e. The SMILES string of the molecule is Cc1cc[nH+]c(NCc2cc(C)ccc2O)c1. The third-order valence-corrected chi connectivity index (χ3v) is 2.66. The Hall–Kier alpha value is -2.03. The number of benzene rings is 1. The smallest absolute Gasteiger partial charge is 0.272 e. The molecule has 1 aromatic carbocycles. The van der Waals surface area contributed by atoms with Crippen LogP contribution in [-0.2, 0) is 6.54 Å². The molecule has 3 N–H and O–H groups in total. The minimum atomic E-state index is 0.329. The van der Waals surface area contributed by atoms with E-state index in [4.69, 9.17) is 0 Å². The van der Waals surface area contributed by atoms with Crippen LogP contribution in [0.15, 0.2) is 36.5 Å². The predicted octanol–water partition coefficient (Wildman–Crippen LogP) is 2.44. The van der Waals surface area contributed by atoms with Crippen LogP contribution in [0, 0.1) is 13.8 Å². The van der Waals surface area contributed by atoms with Gasteiger partial charge in [-0.3, -0.25) is 5.32 Å². The molecule has 88 valence electrons. The lowest BCUT2D eigenvalue weighted by atomic mass is 10.1. The fourth-order valence-electron chi connectivity index (χ4n) is 1.73. The Balaban J connectivity index is 2.09. The summed E-state index contributed by atoms with van der Waals surface area (Å²) in [5.74, 6) is 1.28.